The molecule has 3 rings (SSSR count). The number of nitrogens with zero attached hydrogens (tertiary/aromatic N) is 1. The summed E-state index contributed by atoms with van der Waals surface area (Å²) in [4.78, 5) is 12.1. The molecule has 3 heteroatoms. The third kappa shape index (κ3) is 3.09. The highest BCUT2D eigenvalue weighted by molar-refractivity contribution is 5.47. The van der Waals surface area contributed by atoms with Gasteiger partial charge in [-0.25, -0.2) is 0 Å². The number of benzene rings is 2. The van der Waals surface area contributed by atoms with Gasteiger partial charge in [0.2, 0.25) is 0 Å². The van der Waals surface area contributed by atoms with E-state index in [1.54, 1.807) is 10.6 Å². The molecule has 3 nitrogen and oxygen atoms in total. The van der Waals surface area contributed by atoms with E-state index in [1.807, 2.05) is 73.8 Å². The van der Waals surface area contributed by atoms with E-state index in [2.05, 4.69) is 0 Å². The lowest BCUT2D eigenvalue weighted by molar-refractivity contribution is 0.305. The van der Waals surface area contributed by atoms with Gasteiger partial charge in [0.05, 0.1) is 5.69 Å². The van der Waals surface area contributed by atoms with Gasteiger partial charge < -0.3 is 4.74 Å². The van der Waals surface area contributed by atoms with Crippen LogP contribution in [0.2, 0.25) is 0 Å². The molecule has 0 aliphatic carbocycles. The Kier molecular flexibility index (Phi) is 4.05. The molecule has 0 spiro atoms. The number of hydrogen-bond acceptors (Lipinski definition) is 2. The van der Waals surface area contributed by atoms with Crippen molar-refractivity contribution < 1.29 is 4.74 Å². The highest BCUT2D eigenvalue weighted by atomic mass is 16.5. The maximum absolute atomic E-state index is 12.1. The van der Waals surface area contributed by atoms with Crippen LogP contribution in [-0.2, 0) is 6.61 Å². The van der Waals surface area contributed by atoms with E-state index in [1.165, 1.54) is 0 Å². The lowest BCUT2D eigenvalue weighted by atomic mass is 10.2. The molecule has 0 aliphatic heterocycles. The van der Waals surface area contributed by atoms with Crippen molar-refractivity contribution in [1.82, 2.24) is 4.57 Å². The van der Waals surface area contributed by atoms with Crippen LogP contribution in [0.15, 0.2) is 77.7 Å². The molecule has 3 aromatic rings. The average Bonchev–Trinajstić information content (AvgIpc) is 2.56. The van der Waals surface area contributed by atoms with Gasteiger partial charge in [0, 0.05) is 12.3 Å². The molecule has 0 saturated heterocycles. The van der Waals surface area contributed by atoms with Crippen LogP contribution in [0.25, 0.3) is 5.69 Å². The largest absolute Gasteiger partial charge is 0.487 e. The van der Waals surface area contributed by atoms with Crippen LogP contribution in [0.4, 0.5) is 0 Å². The summed E-state index contributed by atoms with van der Waals surface area (Å²) in [6.45, 7) is 2.43. The predicted molar refractivity (Wildman–Crippen MR) is 87.6 cm³/mol. The third-order valence-electron chi connectivity index (χ3n) is 3.42. The zero-order valence-corrected chi connectivity index (χ0v) is 12.4. The van der Waals surface area contributed by atoms with E-state index in [0.717, 1.165) is 16.8 Å². The second-order valence-corrected chi connectivity index (χ2v) is 5.16. The van der Waals surface area contributed by atoms with Gasteiger partial charge in [-0.2, -0.15) is 0 Å². The molecule has 110 valence electrons. The van der Waals surface area contributed by atoms with Crippen LogP contribution < -0.4 is 10.3 Å². The van der Waals surface area contributed by atoms with Gasteiger partial charge in [0.1, 0.15) is 12.4 Å². The normalized spacial score (nSPS) is 10.4. The van der Waals surface area contributed by atoms with Gasteiger partial charge in [0.25, 0.3) is 5.56 Å². The van der Waals surface area contributed by atoms with Crippen LogP contribution >= 0.6 is 0 Å². The van der Waals surface area contributed by atoms with Gasteiger partial charge in [0.15, 0.2) is 0 Å². The highest BCUT2D eigenvalue weighted by Gasteiger charge is 2.07. The molecular weight excluding hydrogens is 274 g/mol. The molecule has 0 atom stereocenters. The topological polar surface area (TPSA) is 31.2 Å². The fraction of sp³-hybridized carbons (Fsp3) is 0.105. The molecule has 0 aliphatic rings. The average molecular weight is 291 g/mol. The Hall–Kier alpha value is -2.81. The molecule has 0 amide bonds. The molecule has 1 aromatic heterocycles. The van der Waals surface area contributed by atoms with E-state index >= 15 is 0 Å². The zero-order chi connectivity index (χ0) is 15.4. The van der Waals surface area contributed by atoms with Crippen molar-refractivity contribution in [2.45, 2.75) is 13.5 Å². The molecule has 2 aromatic carbocycles. The quantitative estimate of drug-likeness (QED) is 0.733. The van der Waals surface area contributed by atoms with Crippen LogP contribution in [0.3, 0.4) is 0 Å². The lowest BCUT2D eigenvalue weighted by Crippen LogP contribution is -2.17. The summed E-state index contributed by atoms with van der Waals surface area (Å²) in [5.41, 5.74) is 2.81. The Morgan fingerprint density at radius 3 is 2.45 bits per heavy atom. The molecule has 1 heterocycles. The van der Waals surface area contributed by atoms with Crippen LogP contribution in [-0.4, -0.2) is 4.57 Å². The van der Waals surface area contributed by atoms with Crippen LogP contribution in [0, 0.1) is 6.92 Å². The first-order chi connectivity index (χ1) is 10.7. The number of pyridine rings is 1. The van der Waals surface area contributed by atoms with Crippen LogP contribution in [0.1, 0.15) is 11.1 Å². The van der Waals surface area contributed by atoms with Crippen molar-refractivity contribution >= 4 is 0 Å². The Morgan fingerprint density at radius 2 is 1.64 bits per heavy atom. The van der Waals surface area contributed by atoms with Gasteiger partial charge in [-0.15, -0.1) is 0 Å². The minimum Gasteiger partial charge on any atom is -0.487 e. The molecule has 0 radical (unpaired) electrons. The second-order valence-electron chi connectivity index (χ2n) is 5.16. The van der Waals surface area contributed by atoms with E-state index in [4.69, 9.17) is 4.74 Å². The summed E-state index contributed by atoms with van der Waals surface area (Å²) < 4.78 is 7.53. The third-order valence-corrected chi connectivity index (χ3v) is 3.42. The molecule has 0 N–H and O–H groups in total. The van der Waals surface area contributed by atoms with Crippen molar-refractivity contribution in [3.63, 3.8) is 0 Å². The molecule has 0 fully saturated rings. The first-order valence-electron chi connectivity index (χ1n) is 7.19. The summed E-state index contributed by atoms with van der Waals surface area (Å²) in [6.07, 6.45) is 1.83. The van der Waals surface area contributed by atoms with Crippen molar-refractivity contribution in [2.24, 2.45) is 0 Å². The number of aryl methyl sites for hydroxylation is 1. The molecule has 0 unspecified atom stereocenters. The summed E-state index contributed by atoms with van der Waals surface area (Å²) in [6, 6.07) is 20.9. The fourth-order valence-corrected chi connectivity index (χ4v) is 2.30. The van der Waals surface area contributed by atoms with Gasteiger partial charge in [-0.1, -0.05) is 48.5 Å². The van der Waals surface area contributed by atoms with E-state index < -0.39 is 0 Å². The van der Waals surface area contributed by atoms with E-state index in [9.17, 15) is 4.79 Å². The first-order valence-corrected chi connectivity index (χ1v) is 7.19. The van der Waals surface area contributed by atoms with E-state index in [-0.39, 0.29) is 5.56 Å². The number of rotatable bonds is 4. The molecule has 22 heavy (non-hydrogen) atoms. The smallest absolute Gasteiger partial charge is 0.255 e. The first kappa shape index (κ1) is 14.1. The fourth-order valence-electron chi connectivity index (χ4n) is 2.30. The molecule has 0 saturated carbocycles. The maximum atomic E-state index is 12.1. The Labute approximate surface area is 129 Å². The van der Waals surface area contributed by atoms with Crippen molar-refractivity contribution in [3.05, 3.63) is 94.4 Å². The zero-order valence-electron chi connectivity index (χ0n) is 12.4. The summed E-state index contributed by atoms with van der Waals surface area (Å²) in [5, 5.41) is 0. The van der Waals surface area contributed by atoms with Crippen LogP contribution in [0.5, 0.6) is 5.75 Å². The Bertz CT molecular complexity index is 822. The van der Waals surface area contributed by atoms with Crippen molar-refractivity contribution in [3.8, 4) is 11.4 Å². The number of ether oxygens (including phenoxy) is 1. The number of aromatic nitrogens is 1. The lowest BCUT2D eigenvalue weighted by Gasteiger charge is -2.13. The minimum atomic E-state index is -0.0682. The van der Waals surface area contributed by atoms with Gasteiger partial charge in [-0.3, -0.25) is 9.36 Å². The molecular formula is C19H17NO2. The second kappa shape index (κ2) is 6.31. The predicted octanol–water partition coefficient (Wildman–Crippen LogP) is 3.72. The monoisotopic (exact) mass is 291 g/mol. The Balaban J connectivity index is 1.93. The standard InChI is InChI=1S/C19H17NO2/c1-15-11-12-19(21)20(13-15)17-9-5-6-10-18(17)22-14-16-7-3-2-4-8-16/h2-13H,14H2,1H3. The van der Waals surface area contributed by atoms with E-state index in [0.29, 0.717) is 12.4 Å². The summed E-state index contributed by atoms with van der Waals surface area (Å²) in [5.74, 6) is 0.694. The SMILES string of the molecule is Cc1ccc(=O)n(-c2ccccc2OCc2ccccc2)c1. The van der Waals surface area contributed by atoms with Crippen molar-refractivity contribution in [2.75, 3.05) is 0 Å². The Morgan fingerprint density at radius 1 is 0.909 bits per heavy atom. The summed E-state index contributed by atoms with van der Waals surface area (Å²) in [7, 11) is 0. The summed E-state index contributed by atoms with van der Waals surface area (Å²) >= 11 is 0. The molecule has 0 bridgehead atoms. The maximum Gasteiger partial charge on any atom is 0.255 e. The van der Waals surface area contributed by atoms with Gasteiger partial charge >= 0.3 is 0 Å². The number of para-hydroxylation sites is 2. The minimum absolute atomic E-state index is 0.0682. The highest BCUT2D eigenvalue weighted by Crippen LogP contribution is 2.22. The van der Waals surface area contributed by atoms with Gasteiger partial charge in [-0.05, 0) is 30.2 Å². The van der Waals surface area contributed by atoms with Crippen molar-refractivity contribution in [1.29, 1.82) is 0 Å². The number of hydrogen-bond donors (Lipinski definition) is 0.